The zero-order chi connectivity index (χ0) is 37.0. The SMILES string of the molecule is COC(=O)[C@H](Cc1ccccc1)NC(=O)NCc1cccc(-c2ccc([C@@H]3O[C@H](CSc4ccccc4OC)C[C@H](c4ccc(CO)cc4)O3)cc2)c1. The predicted molar refractivity (Wildman–Crippen MR) is 205 cm³/mol. The van der Waals surface area contributed by atoms with Crippen LogP contribution in [0.5, 0.6) is 5.75 Å². The molecular weight excluding hydrogens is 689 g/mol. The van der Waals surface area contributed by atoms with Gasteiger partial charge in [-0.3, -0.25) is 0 Å². The average Bonchev–Trinajstić information content (AvgIpc) is 3.22. The number of urea groups is 1. The van der Waals surface area contributed by atoms with Gasteiger partial charge < -0.3 is 34.7 Å². The van der Waals surface area contributed by atoms with Crippen molar-refractivity contribution in [2.24, 2.45) is 0 Å². The summed E-state index contributed by atoms with van der Waals surface area (Å²) in [5.74, 6) is 1.05. The smallest absolute Gasteiger partial charge is 0.328 e. The van der Waals surface area contributed by atoms with Crippen molar-refractivity contribution in [3.63, 3.8) is 0 Å². The van der Waals surface area contributed by atoms with E-state index in [4.69, 9.17) is 18.9 Å². The van der Waals surface area contributed by atoms with Crippen LogP contribution in [0.25, 0.3) is 11.1 Å². The highest BCUT2D eigenvalue weighted by Crippen LogP contribution is 2.40. The molecule has 1 saturated heterocycles. The maximum Gasteiger partial charge on any atom is 0.328 e. The van der Waals surface area contributed by atoms with Gasteiger partial charge in [0.15, 0.2) is 6.29 Å². The van der Waals surface area contributed by atoms with Crippen LogP contribution in [-0.4, -0.2) is 49.2 Å². The summed E-state index contributed by atoms with van der Waals surface area (Å²) < 4.78 is 23.6. The Bertz CT molecular complexity index is 1940. The van der Waals surface area contributed by atoms with E-state index in [1.54, 1.807) is 18.9 Å². The topological polar surface area (TPSA) is 115 Å². The molecule has 1 fully saturated rings. The molecule has 0 aromatic heterocycles. The number of rotatable bonds is 14. The minimum atomic E-state index is -0.812. The number of carbonyl (C=O) groups excluding carboxylic acids is 2. The number of para-hydroxylation sites is 1. The van der Waals surface area contributed by atoms with E-state index >= 15 is 0 Å². The third-order valence-electron chi connectivity index (χ3n) is 9.08. The molecule has 1 heterocycles. The van der Waals surface area contributed by atoms with Gasteiger partial charge in [0, 0.05) is 35.6 Å². The van der Waals surface area contributed by atoms with Crippen molar-refractivity contribution in [2.45, 2.75) is 55.4 Å². The molecule has 0 saturated carbocycles. The lowest BCUT2D eigenvalue weighted by atomic mass is 9.99. The molecule has 53 heavy (non-hydrogen) atoms. The second-order valence-electron chi connectivity index (χ2n) is 12.7. The van der Waals surface area contributed by atoms with Crippen LogP contribution in [0.1, 0.15) is 46.6 Å². The molecule has 1 aliphatic rings. The van der Waals surface area contributed by atoms with Gasteiger partial charge in [0.2, 0.25) is 0 Å². The van der Waals surface area contributed by atoms with Gasteiger partial charge in [-0.05, 0) is 51.6 Å². The van der Waals surface area contributed by atoms with Gasteiger partial charge >= 0.3 is 12.0 Å². The Kier molecular flexibility index (Phi) is 13.2. The molecule has 5 aromatic rings. The minimum absolute atomic E-state index is 0.0104. The number of hydrogen-bond donors (Lipinski definition) is 3. The van der Waals surface area contributed by atoms with Gasteiger partial charge in [0.05, 0.1) is 33.0 Å². The third kappa shape index (κ3) is 10.3. The summed E-state index contributed by atoms with van der Waals surface area (Å²) >= 11 is 1.70. The fraction of sp³-hybridized carbons (Fsp3) is 0.256. The van der Waals surface area contributed by atoms with Crippen LogP contribution in [0.15, 0.2) is 132 Å². The Hall–Kier alpha value is -5.13. The Morgan fingerprint density at radius 3 is 2.25 bits per heavy atom. The van der Waals surface area contributed by atoms with Gasteiger partial charge in [0.1, 0.15) is 11.8 Å². The molecule has 4 atom stereocenters. The van der Waals surface area contributed by atoms with Crippen LogP contribution < -0.4 is 15.4 Å². The number of carbonyl (C=O) groups is 2. The number of amides is 2. The molecule has 0 unspecified atom stereocenters. The number of aliphatic hydroxyl groups excluding tert-OH is 1. The van der Waals surface area contributed by atoms with Gasteiger partial charge in [0.25, 0.3) is 0 Å². The number of aliphatic hydroxyl groups is 1. The minimum Gasteiger partial charge on any atom is -0.496 e. The summed E-state index contributed by atoms with van der Waals surface area (Å²) in [7, 11) is 2.99. The van der Waals surface area contributed by atoms with E-state index in [1.807, 2.05) is 121 Å². The van der Waals surface area contributed by atoms with E-state index < -0.39 is 24.3 Å². The standard InChI is InChI=1S/C43H44N2O7S/c1-49-38-13-6-7-14-40(38)53-28-36-25-39(33-17-15-30(27-46)16-18-33)52-42(51-36)34-21-19-32(20-22-34)35-12-8-11-31(23-35)26-44-43(48)45-37(41(47)50-2)24-29-9-4-3-5-10-29/h3-23,36-37,39,42,46H,24-28H2,1-2H3,(H2,44,45,48)/t36-,37-,39+,42+/m0/s1. The lowest BCUT2D eigenvalue weighted by Crippen LogP contribution is -2.47. The molecule has 0 aliphatic carbocycles. The van der Waals surface area contributed by atoms with Crippen LogP contribution in [-0.2, 0) is 38.6 Å². The van der Waals surface area contributed by atoms with E-state index in [0.717, 1.165) is 55.3 Å². The monoisotopic (exact) mass is 732 g/mol. The van der Waals surface area contributed by atoms with Crippen LogP contribution in [0, 0.1) is 0 Å². The van der Waals surface area contributed by atoms with Crippen molar-refractivity contribution in [3.05, 3.63) is 155 Å². The maximum absolute atomic E-state index is 12.8. The first-order valence-corrected chi connectivity index (χ1v) is 18.5. The van der Waals surface area contributed by atoms with E-state index in [1.165, 1.54) is 7.11 Å². The Labute approximate surface area is 314 Å². The Morgan fingerprint density at radius 1 is 0.792 bits per heavy atom. The largest absolute Gasteiger partial charge is 0.496 e. The number of benzene rings is 5. The van der Waals surface area contributed by atoms with Crippen molar-refractivity contribution in [1.82, 2.24) is 10.6 Å². The van der Waals surface area contributed by atoms with Crippen LogP contribution in [0.3, 0.4) is 0 Å². The molecule has 5 aromatic carbocycles. The number of ether oxygens (including phenoxy) is 4. The molecule has 2 amide bonds. The first kappa shape index (κ1) is 37.6. The molecular formula is C43H44N2O7S. The van der Waals surface area contributed by atoms with Crippen LogP contribution in [0.4, 0.5) is 4.79 Å². The van der Waals surface area contributed by atoms with E-state index in [9.17, 15) is 14.7 Å². The van der Waals surface area contributed by atoms with Crippen LogP contribution >= 0.6 is 11.8 Å². The van der Waals surface area contributed by atoms with Gasteiger partial charge in [-0.25, -0.2) is 9.59 Å². The summed E-state index contributed by atoms with van der Waals surface area (Å²) in [5, 5.41) is 15.2. The van der Waals surface area contributed by atoms with E-state index in [0.29, 0.717) is 12.8 Å². The molecule has 0 spiro atoms. The summed E-state index contributed by atoms with van der Waals surface area (Å²) in [6.07, 6.45) is 0.156. The zero-order valence-electron chi connectivity index (χ0n) is 29.8. The van der Waals surface area contributed by atoms with Gasteiger partial charge in [-0.15, -0.1) is 11.8 Å². The number of methoxy groups -OCH3 is 2. The number of nitrogens with one attached hydrogen (secondary N) is 2. The third-order valence-corrected chi connectivity index (χ3v) is 10.3. The van der Waals surface area contributed by atoms with E-state index in [-0.39, 0.29) is 25.4 Å². The average molecular weight is 733 g/mol. The first-order valence-electron chi connectivity index (χ1n) is 17.5. The second kappa shape index (κ2) is 18.6. The van der Waals surface area contributed by atoms with Gasteiger partial charge in [-0.1, -0.05) is 109 Å². The van der Waals surface area contributed by atoms with Crippen molar-refractivity contribution in [2.75, 3.05) is 20.0 Å². The first-order chi connectivity index (χ1) is 25.9. The zero-order valence-corrected chi connectivity index (χ0v) is 30.6. The summed E-state index contributed by atoms with van der Waals surface area (Å²) in [6.45, 7) is 0.263. The molecule has 1 aliphatic heterocycles. The van der Waals surface area contributed by atoms with Crippen molar-refractivity contribution >= 4 is 23.8 Å². The molecule has 0 bridgehead atoms. The fourth-order valence-corrected chi connectivity index (χ4v) is 7.26. The van der Waals surface area contributed by atoms with Crippen molar-refractivity contribution < 1.29 is 33.6 Å². The normalized spacial score (nSPS) is 17.4. The summed E-state index contributed by atoms with van der Waals surface area (Å²) in [4.78, 5) is 26.3. The summed E-state index contributed by atoms with van der Waals surface area (Å²) in [5.41, 5.74) is 6.61. The molecule has 274 valence electrons. The number of thioether (sulfide) groups is 1. The summed E-state index contributed by atoms with van der Waals surface area (Å²) in [6, 6.07) is 40.2. The highest BCUT2D eigenvalue weighted by Gasteiger charge is 2.32. The predicted octanol–water partition coefficient (Wildman–Crippen LogP) is 7.78. The molecule has 0 radical (unpaired) electrons. The van der Waals surface area contributed by atoms with Crippen LogP contribution in [0.2, 0.25) is 0 Å². The Balaban J connectivity index is 1.11. The van der Waals surface area contributed by atoms with Crippen molar-refractivity contribution in [1.29, 1.82) is 0 Å². The highest BCUT2D eigenvalue weighted by atomic mass is 32.2. The fourth-order valence-electron chi connectivity index (χ4n) is 6.21. The van der Waals surface area contributed by atoms with Gasteiger partial charge in [-0.2, -0.15) is 0 Å². The lowest BCUT2D eigenvalue weighted by Gasteiger charge is -2.36. The molecule has 10 heteroatoms. The highest BCUT2D eigenvalue weighted by molar-refractivity contribution is 7.99. The quantitative estimate of drug-likeness (QED) is 0.0784. The Morgan fingerprint density at radius 2 is 1.51 bits per heavy atom. The maximum atomic E-state index is 12.8. The number of esters is 1. The van der Waals surface area contributed by atoms with Crippen molar-refractivity contribution in [3.8, 4) is 16.9 Å². The molecule has 6 rings (SSSR count). The molecule has 3 N–H and O–H groups in total. The molecule has 9 nitrogen and oxygen atoms in total. The van der Waals surface area contributed by atoms with E-state index in [2.05, 4.69) is 16.7 Å². The number of hydrogen-bond acceptors (Lipinski definition) is 8. The second-order valence-corrected chi connectivity index (χ2v) is 13.8. The lowest BCUT2D eigenvalue weighted by molar-refractivity contribution is -0.245.